The molecule has 0 saturated heterocycles. The zero-order chi connectivity index (χ0) is 14.1. The van der Waals surface area contributed by atoms with Crippen LogP contribution in [0.1, 0.15) is 24.0 Å². The van der Waals surface area contributed by atoms with Crippen molar-refractivity contribution >= 4 is 23.2 Å². The first-order chi connectivity index (χ1) is 9.70. The monoisotopic (exact) mass is 285 g/mol. The Morgan fingerprint density at radius 3 is 2.50 bits per heavy atom. The normalized spacial score (nSPS) is 17.4. The third kappa shape index (κ3) is 2.20. The number of amides is 1. The number of nitrogens with zero attached hydrogens (tertiary/aromatic N) is 1. The van der Waals surface area contributed by atoms with Crippen LogP contribution >= 0.6 is 11.6 Å². The van der Waals surface area contributed by atoms with Crippen molar-refractivity contribution in [1.29, 1.82) is 0 Å². The largest absolute Gasteiger partial charge is 0.312 e. The van der Waals surface area contributed by atoms with Crippen molar-refractivity contribution in [2.45, 2.75) is 19.3 Å². The van der Waals surface area contributed by atoms with E-state index in [1.54, 1.807) is 0 Å². The number of likely N-dealkylation sites (N-methyl/N-ethyl adjacent to an activating group) is 1. The minimum atomic E-state index is -0.0766. The predicted octanol–water partition coefficient (Wildman–Crippen LogP) is 4.03. The van der Waals surface area contributed by atoms with Crippen molar-refractivity contribution in [3.8, 4) is 0 Å². The van der Waals surface area contributed by atoms with Crippen LogP contribution in [0.5, 0.6) is 0 Å². The minimum absolute atomic E-state index is 0.0766. The molecule has 1 aliphatic heterocycles. The summed E-state index contributed by atoms with van der Waals surface area (Å²) in [4.78, 5) is 14.4. The van der Waals surface area contributed by atoms with Gasteiger partial charge in [-0.25, -0.2) is 0 Å². The van der Waals surface area contributed by atoms with Crippen LogP contribution in [0.4, 0.5) is 5.69 Å². The van der Waals surface area contributed by atoms with Crippen molar-refractivity contribution in [1.82, 2.24) is 0 Å². The molecule has 0 bridgehead atoms. The van der Waals surface area contributed by atoms with Crippen molar-refractivity contribution in [3.05, 3.63) is 64.7 Å². The van der Waals surface area contributed by atoms with Crippen LogP contribution in [0, 0.1) is 0 Å². The van der Waals surface area contributed by atoms with Gasteiger partial charge in [-0.15, -0.1) is 0 Å². The number of rotatable bonds is 3. The molecule has 1 amide bonds. The summed E-state index contributed by atoms with van der Waals surface area (Å²) < 4.78 is 0. The number of anilines is 1. The molecule has 0 aromatic heterocycles. The van der Waals surface area contributed by atoms with Gasteiger partial charge >= 0.3 is 0 Å². The lowest BCUT2D eigenvalue weighted by molar-refractivity contribution is -0.119. The quantitative estimate of drug-likeness (QED) is 0.834. The second-order valence-corrected chi connectivity index (χ2v) is 5.46. The highest BCUT2D eigenvalue weighted by atomic mass is 35.5. The van der Waals surface area contributed by atoms with Crippen LogP contribution in [-0.2, 0) is 11.2 Å². The fraction of sp³-hybridized carbons (Fsp3) is 0.235. The minimum Gasteiger partial charge on any atom is -0.312 e. The molecule has 0 fully saturated rings. The zero-order valence-electron chi connectivity index (χ0n) is 11.3. The SMILES string of the molecule is CCN1C(=O)C(Cc2ccc(Cl)cc2)c2ccccc21. The van der Waals surface area contributed by atoms with E-state index in [1.807, 2.05) is 54.3 Å². The Balaban J connectivity index is 1.94. The van der Waals surface area contributed by atoms with E-state index in [9.17, 15) is 4.79 Å². The summed E-state index contributed by atoms with van der Waals surface area (Å²) in [5.41, 5.74) is 3.33. The lowest BCUT2D eigenvalue weighted by atomic mass is 9.93. The Kier molecular flexibility index (Phi) is 3.49. The van der Waals surface area contributed by atoms with Gasteiger partial charge in [0.2, 0.25) is 5.91 Å². The van der Waals surface area contributed by atoms with Gasteiger partial charge in [0.25, 0.3) is 0 Å². The summed E-state index contributed by atoms with van der Waals surface area (Å²) in [6.07, 6.45) is 0.726. The summed E-state index contributed by atoms with van der Waals surface area (Å²) in [6, 6.07) is 15.8. The topological polar surface area (TPSA) is 20.3 Å². The summed E-state index contributed by atoms with van der Waals surface area (Å²) in [5, 5.41) is 0.724. The van der Waals surface area contributed by atoms with Gasteiger partial charge in [-0.05, 0) is 42.7 Å². The third-order valence-electron chi connectivity index (χ3n) is 3.84. The van der Waals surface area contributed by atoms with Crippen LogP contribution in [0.2, 0.25) is 5.02 Å². The Morgan fingerprint density at radius 1 is 1.10 bits per heavy atom. The van der Waals surface area contributed by atoms with Crippen LogP contribution in [-0.4, -0.2) is 12.5 Å². The van der Waals surface area contributed by atoms with E-state index in [0.29, 0.717) is 6.54 Å². The van der Waals surface area contributed by atoms with E-state index < -0.39 is 0 Å². The van der Waals surface area contributed by atoms with Crippen molar-refractivity contribution < 1.29 is 4.79 Å². The molecule has 0 spiro atoms. The summed E-state index contributed by atoms with van der Waals surface area (Å²) >= 11 is 5.91. The molecule has 2 nitrogen and oxygen atoms in total. The maximum absolute atomic E-state index is 12.6. The molecule has 1 aliphatic rings. The molecule has 3 rings (SSSR count). The van der Waals surface area contributed by atoms with Crippen molar-refractivity contribution in [3.63, 3.8) is 0 Å². The molecule has 0 N–H and O–H groups in total. The van der Waals surface area contributed by atoms with Gasteiger partial charge < -0.3 is 4.90 Å². The molecule has 1 atom stereocenters. The molecule has 102 valence electrons. The maximum atomic E-state index is 12.6. The molecule has 0 radical (unpaired) electrons. The number of benzene rings is 2. The fourth-order valence-corrected chi connectivity index (χ4v) is 2.97. The molecule has 20 heavy (non-hydrogen) atoms. The van der Waals surface area contributed by atoms with Crippen molar-refractivity contribution in [2.24, 2.45) is 0 Å². The maximum Gasteiger partial charge on any atom is 0.234 e. The van der Waals surface area contributed by atoms with Gasteiger partial charge in [0.1, 0.15) is 0 Å². The zero-order valence-corrected chi connectivity index (χ0v) is 12.1. The van der Waals surface area contributed by atoms with Crippen LogP contribution in [0.15, 0.2) is 48.5 Å². The number of halogens is 1. The molecular formula is C17H16ClNO. The number of carbonyl (C=O) groups is 1. The average molecular weight is 286 g/mol. The van der Waals surface area contributed by atoms with E-state index in [4.69, 9.17) is 11.6 Å². The van der Waals surface area contributed by atoms with Gasteiger partial charge in [0.15, 0.2) is 0 Å². The first-order valence-corrected chi connectivity index (χ1v) is 7.23. The number of hydrogen-bond donors (Lipinski definition) is 0. The Labute approximate surface area is 124 Å². The van der Waals surface area contributed by atoms with Gasteiger partial charge in [0, 0.05) is 17.3 Å². The number of fused-ring (bicyclic) bond motifs is 1. The van der Waals surface area contributed by atoms with E-state index in [1.165, 1.54) is 0 Å². The number of carbonyl (C=O) groups excluding carboxylic acids is 1. The summed E-state index contributed by atoms with van der Waals surface area (Å²) in [7, 11) is 0. The highest BCUT2D eigenvalue weighted by Crippen LogP contribution is 2.38. The molecule has 0 aliphatic carbocycles. The molecular weight excluding hydrogens is 270 g/mol. The standard InChI is InChI=1S/C17H16ClNO/c1-2-19-16-6-4-3-5-14(16)15(17(19)20)11-12-7-9-13(18)10-8-12/h3-10,15H,2,11H2,1H3. The fourth-order valence-electron chi connectivity index (χ4n) is 2.85. The highest BCUT2D eigenvalue weighted by molar-refractivity contribution is 6.30. The third-order valence-corrected chi connectivity index (χ3v) is 4.09. The Hall–Kier alpha value is -1.80. The summed E-state index contributed by atoms with van der Waals surface area (Å²) in [6.45, 7) is 2.73. The predicted molar refractivity (Wildman–Crippen MR) is 82.4 cm³/mol. The van der Waals surface area contributed by atoms with E-state index in [0.717, 1.165) is 28.3 Å². The van der Waals surface area contributed by atoms with Crippen LogP contribution in [0.25, 0.3) is 0 Å². The van der Waals surface area contributed by atoms with Crippen LogP contribution < -0.4 is 4.90 Å². The highest BCUT2D eigenvalue weighted by Gasteiger charge is 2.35. The van der Waals surface area contributed by atoms with Crippen molar-refractivity contribution in [2.75, 3.05) is 11.4 Å². The average Bonchev–Trinajstić information content (AvgIpc) is 2.74. The lowest BCUT2D eigenvalue weighted by Gasteiger charge is -2.15. The van der Waals surface area contributed by atoms with Gasteiger partial charge in [-0.2, -0.15) is 0 Å². The smallest absolute Gasteiger partial charge is 0.234 e. The second-order valence-electron chi connectivity index (χ2n) is 5.02. The molecule has 3 heteroatoms. The molecule has 2 aromatic rings. The molecule has 0 saturated carbocycles. The number of para-hydroxylation sites is 1. The van der Waals surface area contributed by atoms with E-state index in [-0.39, 0.29) is 11.8 Å². The number of hydrogen-bond acceptors (Lipinski definition) is 1. The lowest BCUT2D eigenvalue weighted by Crippen LogP contribution is -2.29. The van der Waals surface area contributed by atoms with Gasteiger partial charge in [-0.3, -0.25) is 4.79 Å². The van der Waals surface area contributed by atoms with E-state index in [2.05, 4.69) is 6.07 Å². The summed E-state index contributed by atoms with van der Waals surface area (Å²) in [5.74, 6) is 0.121. The first-order valence-electron chi connectivity index (χ1n) is 6.85. The molecule has 2 aromatic carbocycles. The Bertz CT molecular complexity index is 636. The molecule has 1 unspecified atom stereocenters. The van der Waals surface area contributed by atoms with Gasteiger partial charge in [-0.1, -0.05) is 41.9 Å². The second kappa shape index (κ2) is 5.29. The van der Waals surface area contributed by atoms with Gasteiger partial charge in [0.05, 0.1) is 5.92 Å². The van der Waals surface area contributed by atoms with E-state index >= 15 is 0 Å². The first kappa shape index (κ1) is 13.2. The Morgan fingerprint density at radius 2 is 1.80 bits per heavy atom. The van der Waals surface area contributed by atoms with Crippen LogP contribution in [0.3, 0.4) is 0 Å². The molecule has 1 heterocycles.